The van der Waals surface area contributed by atoms with Crippen LogP contribution in [0, 0.1) is 5.92 Å². The highest BCUT2D eigenvalue weighted by molar-refractivity contribution is 5.87. The maximum Gasteiger partial charge on any atom is 0.335 e. The highest BCUT2D eigenvalue weighted by Crippen LogP contribution is 2.19. The van der Waals surface area contributed by atoms with Crippen LogP contribution in [0.15, 0.2) is 42.7 Å². The number of hydrogen-bond donors (Lipinski definition) is 2. The van der Waals surface area contributed by atoms with Crippen molar-refractivity contribution < 1.29 is 9.90 Å². The molecule has 0 bridgehead atoms. The third kappa shape index (κ3) is 3.27. The summed E-state index contributed by atoms with van der Waals surface area (Å²) >= 11 is 0. The van der Waals surface area contributed by atoms with E-state index in [0.717, 1.165) is 11.1 Å². The van der Waals surface area contributed by atoms with Gasteiger partial charge in [0.25, 0.3) is 0 Å². The van der Waals surface area contributed by atoms with Gasteiger partial charge in [0.2, 0.25) is 0 Å². The van der Waals surface area contributed by atoms with E-state index in [4.69, 9.17) is 10.8 Å². The lowest BCUT2D eigenvalue weighted by atomic mass is 10.00. The number of rotatable bonds is 5. The standard InChI is InChI=1S/C16H20N2O2/c1-11(2)15(17)14-7-8-18(10-14)9-12-3-5-13(6-4-12)16(19)20/h3-8,10-11,15H,9,17H2,1-2H3,(H,19,20). The number of carboxylic acids is 1. The predicted molar refractivity (Wildman–Crippen MR) is 78.7 cm³/mol. The van der Waals surface area contributed by atoms with Gasteiger partial charge in [0.1, 0.15) is 0 Å². The van der Waals surface area contributed by atoms with Crippen LogP contribution in [0.3, 0.4) is 0 Å². The molecule has 0 aliphatic heterocycles. The molecule has 2 aromatic rings. The molecule has 106 valence electrons. The van der Waals surface area contributed by atoms with E-state index in [1.54, 1.807) is 12.1 Å². The largest absolute Gasteiger partial charge is 0.478 e. The summed E-state index contributed by atoms with van der Waals surface area (Å²) in [6.45, 7) is 4.92. The van der Waals surface area contributed by atoms with Gasteiger partial charge >= 0.3 is 5.97 Å². The molecular weight excluding hydrogens is 252 g/mol. The molecule has 0 aliphatic rings. The summed E-state index contributed by atoms with van der Waals surface area (Å²) < 4.78 is 2.06. The average Bonchev–Trinajstić information content (AvgIpc) is 2.86. The molecule has 0 saturated carbocycles. The molecule has 1 atom stereocenters. The van der Waals surface area contributed by atoms with Crippen molar-refractivity contribution in [2.24, 2.45) is 11.7 Å². The fourth-order valence-corrected chi connectivity index (χ4v) is 2.10. The fourth-order valence-electron chi connectivity index (χ4n) is 2.10. The highest BCUT2D eigenvalue weighted by Gasteiger charge is 2.11. The Labute approximate surface area is 118 Å². The Bertz CT molecular complexity index is 585. The molecule has 4 heteroatoms. The Kier molecular flexibility index (Phi) is 4.25. The summed E-state index contributed by atoms with van der Waals surface area (Å²) in [6.07, 6.45) is 4.05. The van der Waals surface area contributed by atoms with Crippen LogP contribution in [-0.2, 0) is 6.54 Å². The van der Waals surface area contributed by atoms with Crippen molar-refractivity contribution in [3.05, 3.63) is 59.4 Å². The number of benzene rings is 1. The van der Waals surface area contributed by atoms with Gasteiger partial charge in [-0.3, -0.25) is 0 Å². The molecule has 0 amide bonds. The first-order chi connectivity index (χ1) is 9.47. The number of carboxylic acid groups (broad SMARTS) is 1. The second-order valence-corrected chi connectivity index (χ2v) is 5.39. The number of aromatic nitrogens is 1. The van der Waals surface area contributed by atoms with Crippen molar-refractivity contribution in [2.45, 2.75) is 26.4 Å². The third-order valence-corrected chi connectivity index (χ3v) is 3.44. The van der Waals surface area contributed by atoms with Gasteiger partial charge < -0.3 is 15.4 Å². The molecule has 0 fully saturated rings. The monoisotopic (exact) mass is 272 g/mol. The smallest absolute Gasteiger partial charge is 0.335 e. The van der Waals surface area contributed by atoms with E-state index in [9.17, 15) is 4.79 Å². The molecule has 1 unspecified atom stereocenters. The van der Waals surface area contributed by atoms with Gasteiger partial charge in [0.05, 0.1) is 5.56 Å². The zero-order valence-electron chi connectivity index (χ0n) is 11.8. The molecule has 1 heterocycles. The van der Waals surface area contributed by atoms with Gasteiger partial charge in [-0.05, 0) is 35.2 Å². The van der Waals surface area contributed by atoms with Crippen molar-refractivity contribution in [2.75, 3.05) is 0 Å². The zero-order valence-corrected chi connectivity index (χ0v) is 11.8. The minimum atomic E-state index is -0.900. The van der Waals surface area contributed by atoms with Crippen molar-refractivity contribution in [3.63, 3.8) is 0 Å². The van der Waals surface area contributed by atoms with Crippen LogP contribution >= 0.6 is 0 Å². The van der Waals surface area contributed by atoms with E-state index >= 15 is 0 Å². The molecule has 0 radical (unpaired) electrons. The van der Waals surface area contributed by atoms with Crippen LogP contribution in [-0.4, -0.2) is 15.6 Å². The Morgan fingerprint density at radius 1 is 1.25 bits per heavy atom. The Hall–Kier alpha value is -2.07. The Morgan fingerprint density at radius 3 is 2.45 bits per heavy atom. The van der Waals surface area contributed by atoms with Crippen molar-refractivity contribution in [3.8, 4) is 0 Å². The Morgan fingerprint density at radius 2 is 1.90 bits per heavy atom. The van der Waals surface area contributed by atoms with Crippen LogP contribution in [0.2, 0.25) is 0 Å². The minimum Gasteiger partial charge on any atom is -0.478 e. The molecule has 1 aromatic heterocycles. The zero-order chi connectivity index (χ0) is 14.7. The van der Waals surface area contributed by atoms with E-state index in [1.165, 1.54) is 0 Å². The average molecular weight is 272 g/mol. The van der Waals surface area contributed by atoms with Gasteiger partial charge in [0.15, 0.2) is 0 Å². The summed E-state index contributed by atoms with van der Waals surface area (Å²) in [4.78, 5) is 10.8. The summed E-state index contributed by atoms with van der Waals surface area (Å²) in [5.74, 6) is -0.497. The first-order valence-electron chi connectivity index (χ1n) is 6.71. The maximum absolute atomic E-state index is 10.8. The molecule has 4 nitrogen and oxygen atoms in total. The second-order valence-electron chi connectivity index (χ2n) is 5.39. The number of nitrogens with zero attached hydrogens (tertiary/aromatic N) is 1. The van der Waals surface area contributed by atoms with Crippen LogP contribution in [0.4, 0.5) is 0 Å². The predicted octanol–water partition coefficient (Wildman–Crippen LogP) is 2.89. The van der Waals surface area contributed by atoms with Crippen LogP contribution in [0.5, 0.6) is 0 Å². The molecule has 0 aliphatic carbocycles. The topological polar surface area (TPSA) is 68.2 Å². The number of aromatic carboxylic acids is 1. The molecular formula is C16H20N2O2. The molecule has 20 heavy (non-hydrogen) atoms. The van der Waals surface area contributed by atoms with Crippen molar-refractivity contribution >= 4 is 5.97 Å². The van der Waals surface area contributed by atoms with Crippen molar-refractivity contribution in [1.82, 2.24) is 4.57 Å². The lowest BCUT2D eigenvalue weighted by molar-refractivity contribution is 0.0697. The lowest BCUT2D eigenvalue weighted by Gasteiger charge is -2.13. The molecule has 0 saturated heterocycles. The van der Waals surface area contributed by atoms with Crippen LogP contribution in [0.1, 0.15) is 41.4 Å². The number of carbonyl (C=O) groups is 1. The third-order valence-electron chi connectivity index (χ3n) is 3.44. The second kappa shape index (κ2) is 5.92. The molecule has 2 rings (SSSR count). The van der Waals surface area contributed by atoms with Gasteiger partial charge in [-0.2, -0.15) is 0 Å². The van der Waals surface area contributed by atoms with E-state index < -0.39 is 5.97 Å². The normalized spacial score (nSPS) is 12.6. The van der Waals surface area contributed by atoms with E-state index in [-0.39, 0.29) is 6.04 Å². The summed E-state index contributed by atoms with van der Waals surface area (Å²) in [5.41, 5.74) is 8.62. The maximum atomic E-state index is 10.8. The van der Waals surface area contributed by atoms with E-state index in [1.807, 2.05) is 24.4 Å². The van der Waals surface area contributed by atoms with Gasteiger partial charge in [0, 0.05) is 25.0 Å². The van der Waals surface area contributed by atoms with Crippen LogP contribution in [0.25, 0.3) is 0 Å². The lowest BCUT2D eigenvalue weighted by Crippen LogP contribution is -2.15. The highest BCUT2D eigenvalue weighted by atomic mass is 16.4. The van der Waals surface area contributed by atoms with E-state index in [0.29, 0.717) is 18.0 Å². The van der Waals surface area contributed by atoms with Gasteiger partial charge in [-0.15, -0.1) is 0 Å². The fraction of sp³-hybridized carbons (Fsp3) is 0.312. The first-order valence-corrected chi connectivity index (χ1v) is 6.71. The summed E-state index contributed by atoms with van der Waals surface area (Å²) in [6, 6.07) is 9.02. The summed E-state index contributed by atoms with van der Waals surface area (Å²) in [7, 11) is 0. The molecule has 0 spiro atoms. The number of hydrogen-bond acceptors (Lipinski definition) is 2. The molecule has 1 aromatic carbocycles. The summed E-state index contributed by atoms with van der Waals surface area (Å²) in [5, 5.41) is 8.86. The van der Waals surface area contributed by atoms with Crippen LogP contribution < -0.4 is 5.73 Å². The first kappa shape index (κ1) is 14.3. The van der Waals surface area contributed by atoms with Gasteiger partial charge in [-0.25, -0.2) is 4.79 Å². The quantitative estimate of drug-likeness (QED) is 0.879. The van der Waals surface area contributed by atoms with Gasteiger partial charge in [-0.1, -0.05) is 26.0 Å². The Balaban J connectivity index is 2.08. The van der Waals surface area contributed by atoms with E-state index in [2.05, 4.69) is 24.6 Å². The SMILES string of the molecule is CC(C)C(N)c1ccn(Cc2ccc(C(=O)O)cc2)c1. The molecule has 3 N–H and O–H groups in total. The minimum absolute atomic E-state index is 0.0469. The number of nitrogens with two attached hydrogens (primary N) is 1. The van der Waals surface area contributed by atoms with Crippen molar-refractivity contribution in [1.29, 1.82) is 0 Å².